The highest BCUT2D eigenvalue weighted by atomic mass is 32.1. The van der Waals surface area contributed by atoms with Crippen LogP contribution in [-0.2, 0) is 16.7 Å². The summed E-state index contributed by atoms with van der Waals surface area (Å²) in [7, 11) is 0. The van der Waals surface area contributed by atoms with Crippen LogP contribution in [0, 0.1) is 0 Å². The Kier molecular flexibility index (Phi) is 1.72. The molecule has 70 valence electrons. The van der Waals surface area contributed by atoms with Gasteiger partial charge < -0.3 is 10.1 Å². The second kappa shape index (κ2) is 2.80. The molecule has 1 spiro atoms. The largest absolute Gasteiger partial charge is 0.379 e. The third kappa shape index (κ3) is 1.08. The van der Waals surface area contributed by atoms with E-state index in [9.17, 15) is 0 Å². The van der Waals surface area contributed by atoms with E-state index in [1.807, 2.05) is 11.3 Å². The lowest BCUT2D eigenvalue weighted by Crippen LogP contribution is -2.47. The fourth-order valence-electron chi connectivity index (χ4n) is 2.39. The lowest BCUT2D eigenvalue weighted by molar-refractivity contribution is 0.164. The smallest absolute Gasteiger partial charge is 0.0704 e. The van der Waals surface area contributed by atoms with Crippen LogP contribution in [0.2, 0.25) is 0 Å². The topological polar surface area (TPSA) is 21.3 Å². The lowest BCUT2D eigenvalue weighted by Gasteiger charge is -2.33. The van der Waals surface area contributed by atoms with Crippen LogP contribution in [0.3, 0.4) is 0 Å². The summed E-state index contributed by atoms with van der Waals surface area (Å²) in [5.41, 5.74) is 1.68. The average molecular weight is 195 g/mol. The summed E-state index contributed by atoms with van der Waals surface area (Å²) in [5.74, 6) is 0. The van der Waals surface area contributed by atoms with Gasteiger partial charge in [-0.2, -0.15) is 0 Å². The summed E-state index contributed by atoms with van der Waals surface area (Å²) in [6.45, 7) is 2.87. The monoisotopic (exact) mass is 195 g/mol. The highest BCUT2D eigenvalue weighted by Gasteiger charge is 2.40. The number of hydrogen-bond acceptors (Lipinski definition) is 3. The zero-order valence-electron chi connectivity index (χ0n) is 7.51. The highest BCUT2D eigenvalue weighted by Crippen LogP contribution is 2.37. The fourth-order valence-corrected chi connectivity index (χ4v) is 3.37. The van der Waals surface area contributed by atoms with Gasteiger partial charge in [-0.15, -0.1) is 11.3 Å². The Labute approximate surface area is 81.9 Å². The number of fused-ring (bicyclic) bond motifs is 2. The van der Waals surface area contributed by atoms with Crippen LogP contribution in [0.5, 0.6) is 0 Å². The molecule has 3 heterocycles. The van der Waals surface area contributed by atoms with E-state index in [2.05, 4.69) is 16.8 Å². The third-order valence-electron chi connectivity index (χ3n) is 3.10. The normalized spacial score (nSPS) is 32.3. The first-order valence-electron chi connectivity index (χ1n) is 4.80. The Balaban J connectivity index is 2.08. The Morgan fingerprint density at radius 3 is 3.38 bits per heavy atom. The van der Waals surface area contributed by atoms with Gasteiger partial charge in [-0.05, 0) is 29.9 Å². The molecule has 2 nitrogen and oxygen atoms in total. The van der Waals surface area contributed by atoms with E-state index >= 15 is 0 Å². The molecule has 3 heteroatoms. The van der Waals surface area contributed by atoms with Crippen LogP contribution in [-0.4, -0.2) is 19.8 Å². The molecule has 1 aromatic rings. The molecule has 0 radical (unpaired) electrons. The first-order chi connectivity index (χ1) is 6.41. The maximum absolute atomic E-state index is 5.51. The summed E-state index contributed by atoms with van der Waals surface area (Å²) in [6.07, 6.45) is 2.32. The molecule has 0 bridgehead atoms. The minimum atomic E-state index is 0.174. The van der Waals surface area contributed by atoms with Crippen molar-refractivity contribution >= 4 is 11.3 Å². The molecule has 1 unspecified atom stereocenters. The van der Waals surface area contributed by atoms with Crippen LogP contribution in [0.1, 0.15) is 16.9 Å². The number of rotatable bonds is 0. The van der Waals surface area contributed by atoms with E-state index < -0.39 is 0 Å². The van der Waals surface area contributed by atoms with Crippen molar-refractivity contribution in [2.45, 2.75) is 18.4 Å². The zero-order valence-corrected chi connectivity index (χ0v) is 8.32. The standard InChI is InChI=1S/C10H13NOS/c1-4-11-10(3-5-12-7-10)8-2-6-13-9(1)8/h2,6,11H,1,3-5,7H2. The van der Waals surface area contributed by atoms with Gasteiger partial charge in [-0.25, -0.2) is 0 Å². The van der Waals surface area contributed by atoms with Crippen molar-refractivity contribution in [2.24, 2.45) is 0 Å². The minimum Gasteiger partial charge on any atom is -0.379 e. The van der Waals surface area contributed by atoms with Crippen molar-refractivity contribution in [1.82, 2.24) is 5.32 Å². The maximum Gasteiger partial charge on any atom is 0.0704 e. The molecule has 2 aliphatic rings. The van der Waals surface area contributed by atoms with Crippen LogP contribution >= 0.6 is 11.3 Å². The summed E-state index contributed by atoms with van der Waals surface area (Å²) < 4.78 is 5.51. The Morgan fingerprint density at radius 2 is 2.54 bits per heavy atom. The van der Waals surface area contributed by atoms with Gasteiger partial charge >= 0.3 is 0 Å². The molecule has 0 amide bonds. The summed E-state index contributed by atoms with van der Waals surface area (Å²) >= 11 is 1.89. The van der Waals surface area contributed by atoms with E-state index in [0.29, 0.717) is 0 Å². The van der Waals surface area contributed by atoms with Crippen LogP contribution in [0.15, 0.2) is 11.4 Å². The molecule has 3 rings (SSSR count). The molecule has 13 heavy (non-hydrogen) atoms. The number of thiophene rings is 1. The molecule has 1 atom stereocenters. The van der Waals surface area contributed by atoms with Gasteiger partial charge in [0.25, 0.3) is 0 Å². The third-order valence-corrected chi connectivity index (χ3v) is 4.08. The van der Waals surface area contributed by atoms with Gasteiger partial charge in [-0.3, -0.25) is 0 Å². The van der Waals surface area contributed by atoms with Crippen molar-refractivity contribution < 1.29 is 4.74 Å². The first-order valence-corrected chi connectivity index (χ1v) is 5.68. The maximum atomic E-state index is 5.51. The Bertz CT molecular complexity index is 314. The van der Waals surface area contributed by atoms with Crippen LogP contribution < -0.4 is 5.32 Å². The summed E-state index contributed by atoms with van der Waals surface area (Å²) in [6, 6.07) is 2.26. The molecule has 1 aromatic heterocycles. The molecule has 1 N–H and O–H groups in total. The molecule has 0 aromatic carbocycles. The van der Waals surface area contributed by atoms with Gasteiger partial charge in [0.15, 0.2) is 0 Å². The van der Waals surface area contributed by atoms with E-state index in [-0.39, 0.29) is 5.54 Å². The quantitative estimate of drug-likeness (QED) is 0.677. The van der Waals surface area contributed by atoms with Crippen molar-refractivity contribution in [3.8, 4) is 0 Å². The SMILES string of the molecule is c1cc2c(s1)CCNC21CCOC1. The predicted octanol–water partition coefficient (Wildman–Crippen LogP) is 1.51. The zero-order chi connectivity index (χ0) is 8.73. The molecular formula is C10H13NOS. The van der Waals surface area contributed by atoms with Gasteiger partial charge in [-0.1, -0.05) is 0 Å². The molecule has 1 saturated heterocycles. The van der Waals surface area contributed by atoms with Crippen molar-refractivity contribution in [2.75, 3.05) is 19.8 Å². The summed E-state index contributed by atoms with van der Waals surface area (Å²) in [4.78, 5) is 1.56. The summed E-state index contributed by atoms with van der Waals surface area (Å²) in [5, 5.41) is 5.82. The van der Waals surface area contributed by atoms with Crippen molar-refractivity contribution in [3.05, 3.63) is 21.9 Å². The second-order valence-electron chi connectivity index (χ2n) is 3.82. The average Bonchev–Trinajstić information content (AvgIpc) is 2.74. The van der Waals surface area contributed by atoms with Gasteiger partial charge in [0.1, 0.15) is 0 Å². The van der Waals surface area contributed by atoms with Crippen molar-refractivity contribution in [3.63, 3.8) is 0 Å². The molecule has 0 saturated carbocycles. The van der Waals surface area contributed by atoms with Gasteiger partial charge in [0.2, 0.25) is 0 Å². The van der Waals surface area contributed by atoms with E-state index in [4.69, 9.17) is 4.74 Å². The van der Waals surface area contributed by atoms with Crippen molar-refractivity contribution in [1.29, 1.82) is 0 Å². The molecule has 2 aliphatic heterocycles. The second-order valence-corrected chi connectivity index (χ2v) is 4.82. The highest BCUT2D eigenvalue weighted by molar-refractivity contribution is 7.10. The van der Waals surface area contributed by atoms with E-state index in [1.54, 1.807) is 4.88 Å². The lowest BCUT2D eigenvalue weighted by atomic mass is 9.86. The predicted molar refractivity (Wildman–Crippen MR) is 53.1 cm³/mol. The van der Waals surface area contributed by atoms with E-state index in [0.717, 1.165) is 26.2 Å². The molecule has 0 aliphatic carbocycles. The van der Waals surface area contributed by atoms with Crippen LogP contribution in [0.4, 0.5) is 0 Å². The fraction of sp³-hybridized carbons (Fsp3) is 0.600. The first kappa shape index (κ1) is 7.97. The minimum absolute atomic E-state index is 0.174. The molecular weight excluding hydrogens is 182 g/mol. The molecule has 1 fully saturated rings. The van der Waals surface area contributed by atoms with Crippen LogP contribution in [0.25, 0.3) is 0 Å². The Morgan fingerprint density at radius 1 is 1.54 bits per heavy atom. The number of nitrogens with one attached hydrogen (secondary N) is 1. The Hall–Kier alpha value is -0.380. The van der Waals surface area contributed by atoms with Gasteiger partial charge in [0, 0.05) is 18.0 Å². The van der Waals surface area contributed by atoms with Gasteiger partial charge in [0.05, 0.1) is 12.1 Å². The van der Waals surface area contributed by atoms with E-state index in [1.165, 1.54) is 12.0 Å². The number of ether oxygens (including phenoxy) is 1. The number of hydrogen-bond donors (Lipinski definition) is 1.